The number of carbonyl (C=O) groups is 1. The molecule has 2 aromatic carbocycles. The molecule has 10 nitrogen and oxygen atoms in total. The number of aromatic amines is 1. The molecule has 0 bridgehead atoms. The molecule has 4 aromatic rings. The highest BCUT2D eigenvalue weighted by Gasteiger charge is 2.23. The van der Waals surface area contributed by atoms with Crippen LogP contribution >= 0.6 is 0 Å². The SMILES string of the molecule is Cc1ccc(NC(=O)Nc2cccc(-c3nc(C(C)(C)C)[nH]c3-c3ccnc(NCOCCO)n3)c2)cc1. The Hall–Kier alpha value is -4.28. The molecule has 0 saturated carbocycles. The number of nitrogens with zero attached hydrogens (tertiary/aromatic N) is 3. The Morgan fingerprint density at radius 1 is 1.03 bits per heavy atom. The van der Waals surface area contributed by atoms with E-state index in [2.05, 4.69) is 51.7 Å². The van der Waals surface area contributed by atoms with Gasteiger partial charge in [0, 0.05) is 28.6 Å². The van der Waals surface area contributed by atoms with Crippen molar-refractivity contribution in [3.8, 4) is 22.6 Å². The first-order chi connectivity index (χ1) is 18.2. The van der Waals surface area contributed by atoms with E-state index in [1.807, 2.05) is 55.5 Å². The maximum absolute atomic E-state index is 12.6. The van der Waals surface area contributed by atoms with Gasteiger partial charge >= 0.3 is 6.03 Å². The Morgan fingerprint density at radius 3 is 2.53 bits per heavy atom. The van der Waals surface area contributed by atoms with E-state index in [0.29, 0.717) is 28.7 Å². The molecule has 0 spiro atoms. The Morgan fingerprint density at radius 2 is 1.79 bits per heavy atom. The Balaban J connectivity index is 1.61. The molecular formula is C28H33N7O3. The summed E-state index contributed by atoms with van der Waals surface area (Å²) in [5.74, 6) is 1.19. The second-order valence-electron chi connectivity index (χ2n) is 9.80. The molecule has 2 heterocycles. The fourth-order valence-corrected chi connectivity index (χ4v) is 3.63. The quantitative estimate of drug-likeness (QED) is 0.153. The maximum Gasteiger partial charge on any atom is 0.323 e. The van der Waals surface area contributed by atoms with Crippen LogP contribution in [0.15, 0.2) is 60.8 Å². The Labute approximate surface area is 221 Å². The lowest BCUT2D eigenvalue weighted by Crippen LogP contribution is -2.19. The number of H-pyrrole nitrogens is 1. The Bertz CT molecular complexity index is 1380. The van der Waals surface area contributed by atoms with Crippen LogP contribution in [0.3, 0.4) is 0 Å². The number of nitrogens with one attached hydrogen (secondary N) is 4. The number of hydrogen-bond acceptors (Lipinski definition) is 7. The van der Waals surface area contributed by atoms with Crippen molar-refractivity contribution in [3.05, 3.63) is 72.2 Å². The van der Waals surface area contributed by atoms with Gasteiger partial charge in [-0.15, -0.1) is 0 Å². The molecule has 0 atom stereocenters. The summed E-state index contributed by atoms with van der Waals surface area (Å²) in [6.45, 7) is 8.58. The van der Waals surface area contributed by atoms with E-state index >= 15 is 0 Å². The minimum Gasteiger partial charge on any atom is -0.394 e. The van der Waals surface area contributed by atoms with Crippen molar-refractivity contribution in [1.29, 1.82) is 0 Å². The second-order valence-corrected chi connectivity index (χ2v) is 9.80. The number of rotatable bonds is 9. The monoisotopic (exact) mass is 515 g/mol. The molecule has 0 aliphatic rings. The average molecular weight is 516 g/mol. The van der Waals surface area contributed by atoms with Gasteiger partial charge in [-0.05, 0) is 37.3 Å². The first-order valence-electron chi connectivity index (χ1n) is 12.3. The van der Waals surface area contributed by atoms with Gasteiger partial charge in [0.1, 0.15) is 12.6 Å². The number of aliphatic hydroxyl groups is 1. The number of ether oxygens (including phenoxy) is 1. The fraction of sp³-hybridized carbons (Fsp3) is 0.286. The summed E-state index contributed by atoms with van der Waals surface area (Å²) in [6, 6.07) is 16.6. The molecule has 0 aliphatic heterocycles. The van der Waals surface area contributed by atoms with Gasteiger partial charge in [-0.2, -0.15) is 0 Å². The van der Waals surface area contributed by atoms with Gasteiger partial charge in [0.25, 0.3) is 0 Å². The number of aliphatic hydroxyl groups excluding tert-OH is 1. The highest BCUT2D eigenvalue weighted by atomic mass is 16.5. The summed E-state index contributed by atoms with van der Waals surface area (Å²) >= 11 is 0. The van der Waals surface area contributed by atoms with Crippen LogP contribution in [0.25, 0.3) is 22.6 Å². The van der Waals surface area contributed by atoms with Gasteiger partial charge in [0.15, 0.2) is 0 Å². The molecule has 0 radical (unpaired) electrons. The van der Waals surface area contributed by atoms with E-state index in [9.17, 15) is 4.79 Å². The molecular weight excluding hydrogens is 482 g/mol. The lowest BCUT2D eigenvalue weighted by Gasteiger charge is -2.14. The number of carbonyl (C=O) groups excluding carboxylic acids is 1. The average Bonchev–Trinajstić information content (AvgIpc) is 3.35. The second kappa shape index (κ2) is 11.8. The summed E-state index contributed by atoms with van der Waals surface area (Å²) in [4.78, 5) is 29.9. The number of imidazole rings is 1. The maximum atomic E-state index is 12.6. The third kappa shape index (κ3) is 6.93. The molecule has 2 aromatic heterocycles. The summed E-state index contributed by atoms with van der Waals surface area (Å²) in [5, 5.41) is 17.6. The van der Waals surface area contributed by atoms with Crippen LogP contribution in [0.5, 0.6) is 0 Å². The van der Waals surface area contributed by atoms with Crippen molar-refractivity contribution in [2.75, 3.05) is 35.9 Å². The number of urea groups is 1. The summed E-state index contributed by atoms with van der Waals surface area (Å²) in [7, 11) is 0. The van der Waals surface area contributed by atoms with Gasteiger partial charge in [-0.25, -0.2) is 19.7 Å². The van der Waals surface area contributed by atoms with Crippen LogP contribution < -0.4 is 16.0 Å². The lowest BCUT2D eigenvalue weighted by atomic mass is 9.96. The highest BCUT2D eigenvalue weighted by Crippen LogP contribution is 2.34. The fourth-order valence-electron chi connectivity index (χ4n) is 3.63. The van der Waals surface area contributed by atoms with E-state index in [0.717, 1.165) is 22.6 Å². The van der Waals surface area contributed by atoms with Crippen LogP contribution in [0, 0.1) is 6.92 Å². The van der Waals surface area contributed by atoms with Crippen LogP contribution in [0.2, 0.25) is 0 Å². The number of aromatic nitrogens is 4. The molecule has 2 amide bonds. The highest BCUT2D eigenvalue weighted by molar-refractivity contribution is 6.00. The summed E-state index contributed by atoms with van der Waals surface area (Å²) in [5.41, 5.74) is 5.14. The third-order valence-corrected chi connectivity index (χ3v) is 5.60. The van der Waals surface area contributed by atoms with E-state index in [1.54, 1.807) is 12.3 Å². The predicted octanol–water partition coefficient (Wildman–Crippen LogP) is 5.16. The normalized spacial score (nSPS) is 11.3. The van der Waals surface area contributed by atoms with Gasteiger partial charge in [0.05, 0.1) is 30.3 Å². The standard InChI is InChI=1S/C28H33N7O3/c1-18-8-10-20(11-9-18)31-27(37)32-21-7-5-6-19(16-21)23-24(35-25(34-23)28(2,3)4)22-12-13-29-26(33-22)30-17-38-15-14-36/h5-13,16,36H,14-15,17H2,1-4H3,(H,34,35)(H,29,30,33)(H2,31,32,37). The molecule has 0 unspecified atom stereocenters. The first kappa shape index (κ1) is 26.8. The third-order valence-electron chi connectivity index (χ3n) is 5.60. The van der Waals surface area contributed by atoms with Crippen molar-refractivity contribution < 1.29 is 14.6 Å². The van der Waals surface area contributed by atoms with Crippen LogP contribution in [-0.4, -0.2) is 51.0 Å². The summed E-state index contributed by atoms with van der Waals surface area (Å²) < 4.78 is 5.26. The van der Waals surface area contributed by atoms with Crippen LogP contribution in [0.4, 0.5) is 22.1 Å². The van der Waals surface area contributed by atoms with Gasteiger partial charge in [0.2, 0.25) is 5.95 Å². The van der Waals surface area contributed by atoms with Gasteiger partial charge < -0.3 is 30.8 Å². The van der Waals surface area contributed by atoms with Crippen molar-refractivity contribution >= 4 is 23.4 Å². The number of amides is 2. The minimum atomic E-state index is -0.335. The molecule has 0 aliphatic carbocycles. The van der Waals surface area contributed by atoms with Crippen LogP contribution in [-0.2, 0) is 10.2 Å². The van der Waals surface area contributed by atoms with Crippen LogP contribution in [0.1, 0.15) is 32.2 Å². The Kier molecular flexibility index (Phi) is 8.35. The zero-order valence-electron chi connectivity index (χ0n) is 22.0. The van der Waals surface area contributed by atoms with Crippen molar-refractivity contribution in [2.24, 2.45) is 0 Å². The zero-order valence-corrected chi connectivity index (χ0v) is 22.0. The van der Waals surface area contributed by atoms with E-state index < -0.39 is 0 Å². The topological polar surface area (TPSA) is 137 Å². The largest absolute Gasteiger partial charge is 0.394 e. The van der Waals surface area contributed by atoms with Crippen molar-refractivity contribution in [2.45, 2.75) is 33.1 Å². The molecule has 38 heavy (non-hydrogen) atoms. The van der Waals surface area contributed by atoms with Crippen molar-refractivity contribution in [3.63, 3.8) is 0 Å². The molecule has 10 heteroatoms. The molecule has 4 rings (SSSR count). The molecule has 5 N–H and O–H groups in total. The van der Waals surface area contributed by atoms with Crippen molar-refractivity contribution in [1.82, 2.24) is 19.9 Å². The molecule has 0 fully saturated rings. The van der Waals surface area contributed by atoms with Gasteiger partial charge in [-0.3, -0.25) is 0 Å². The molecule has 0 saturated heterocycles. The number of benzene rings is 2. The number of aryl methyl sites for hydroxylation is 1. The van der Waals surface area contributed by atoms with E-state index in [4.69, 9.17) is 14.8 Å². The number of hydrogen-bond donors (Lipinski definition) is 5. The lowest BCUT2D eigenvalue weighted by molar-refractivity contribution is 0.105. The minimum absolute atomic E-state index is 0.0583. The number of anilines is 3. The van der Waals surface area contributed by atoms with Gasteiger partial charge in [-0.1, -0.05) is 50.6 Å². The molecule has 198 valence electrons. The van der Waals surface area contributed by atoms with E-state index in [1.165, 1.54) is 0 Å². The smallest absolute Gasteiger partial charge is 0.323 e. The zero-order chi connectivity index (χ0) is 27.1. The first-order valence-corrected chi connectivity index (χ1v) is 12.3. The summed E-state index contributed by atoms with van der Waals surface area (Å²) in [6.07, 6.45) is 1.66. The van der Waals surface area contributed by atoms with E-state index in [-0.39, 0.29) is 31.4 Å². The predicted molar refractivity (Wildman–Crippen MR) is 149 cm³/mol.